The maximum absolute atomic E-state index is 11.6. The third kappa shape index (κ3) is 4.20. The molecular formula is C25H24N4O3. The van der Waals surface area contributed by atoms with E-state index in [-0.39, 0.29) is 12.0 Å². The summed E-state index contributed by atoms with van der Waals surface area (Å²) in [7, 11) is 0. The minimum Gasteiger partial charge on any atom is -0.465 e. The Bertz CT molecular complexity index is 1220. The van der Waals surface area contributed by atoms with Crippen molar-refractivity contribution in [2.75, 3.05) is 13.1 Å². The minimum absolute atomic E-state index is 0.0245. The van der Waals surface area contributed by atoms with Crippen molar-refractivity contribution in [3.05, 3.63) is 90.3 Å². The monoisotopic (exact) mass is 428 g/mol. The molecule has 4 aromatic rings. The van der Waals surface area contributed by atoms with Gasteiger partial charge in [-0.1, -0.05) is 59.8 Å². The third-order valence-electron chi connectivity index (χ3n) is 6.02. The van der Waals surface area contributed by atoms with Gasteiger partial charge in [0.05, 0.1) is 36.8 Å². The number of likely N-dealkylation sites (tertiary alicyclic amines) is 1. The molecule has 0 radical (unpaired) electrons. The van der Waals surface area contributed by atoms with Gasteiger partial charge in [0.1, 0.15) is 0 Å². The highest BCUT2D eigenvalue weighted by molar-refractivity contribution is 5.82. The van der Waals surface area contributed by atoms with Gasteiger partial charge in [-0.05, 0) is 41.0 Å². The van der Waals surface area contributed by atoms with Gasteiger partial charge in [0.25, 0.3) is 0 Å². The zero-order chi connectivity index (χ0) is 21.9. The summed E-state index contributed by atoms with van der Waals surface area (Å²) >= 11 is 0. The first-order valence-electron chi connectivity index (χ1n) is 10.7. The van der Waals surface area contributed by atoms with Crippen molar-refractivity contribution in [3.63, 3.8) is 0 Å². The first-order valence-corrected chi connectivity index (χ1v) is 10.7. The van der Waals surface area contributed by atoms with E-state index in [4.69, 9.17) is 4.74 Å². The predicted octanol–water partition coefficient (Wildman–Crippen LogP) is 4.47. The van der Waals surface area contributed by atoms with E-state index in [1.165, 1.54) is 10.3 Å². The molecule has 7 heteroatoms. The fraction of sp³-hybridized carbons (Fsp3) is 0.240. The highest BCUT2D eigenvalue weighted by atomic mass is 16.5. The lowest BCUT2D eigenvalue weighted by atomic mass is 9.91. The van der Waals surface area contributed by atoms with Crippen molar-refractivity contribution in [2.24, 2.45) is 0 Å². The van der Waals surface area contributed by atoms with Crippen LogP contribution >= 0.6 is 0 Å². The average Bonchev–Trinajstić information content (AvgIpc) is 3.33. The third-order valence-corrected chi connectivity index (χ3v) is 6.02. The quantitative estimate of drug-likeness (QED) is 0.507. The average molecular weight is 428 g/mol. The molecule has 0 saturated carbocycles. The molecule has 2 atom stereocenters. The molecule has 0 spiro atoms. The molecule has 5 rings (SSSR count). The second-order valence-electron chi connectivity index (χ2n) is 8.08. The highest BCUT2D eigenvalue weighted by Gasteiger charge is 2.35. The largest absolute Gasteiger partial charge is 0.465 e. The number of amides is 1. The minimum atomic E-state index is -0.921. The van der Waals surface area contributed by atoms with Crippen LogP contribution in [-0.2, 0) is 11.3 Å². The number of hydrogen-bond acceptors (Lipinski definition) is 4. The van der Waals surface area contributed by atoms with Crippen LogP contribution in [0, 0.1) is 0 Å². The summed E-state index contributed by atoms with van der Waals surface area (Å²) in [6.07, 6.45) is 1.34. The number of hydrogen-bond donors (Lipinski definition) is 1. The second-order valence-corrected chi connectivity index (χ2v) is 8.08. The number of ether oxygens (including phenoxy) is 1. The van der Waals surface area contributed by atoms with Crippen LogP contribution < -0.4 is 0 Å². The van der Waals surface area contributed by atoms with Gasteiger partial charge in [0.2, 0.25) is 0 Å². The number of carboxylic acid groups (broad SMARTS) is 1. The molecule has 1 amide bonds. The van der Waals surface area contributed by atoms with Gasteiger partial charge in [-0.2, -0.15) is 0 Å². The molecule has 1 fully saturated rings. The second kappa shape index (κ2) is 8.80. The molecule has 1 aromatic heterocycles. The van der Waals surface area contributed by atoms with Crippen molar-refractivity contribution < 1.29 is 14.6 Å². The normalized spacial score (nSPS) is 18.7. The van der Waals surface area contributed by atoms with Crippen molar-refractivity contribution >= 4 is 16.9 Å². The highest BCUT2D eigenvalue weighted by Crippen LogP contribution is 2.30. The Morgan fingerprint density at radius 1 is 1.03 bits per heavy atom. The Labute approximate surface area is 185 Å². The lowest BCUT2D eigenvalue weighted by molar-refractivity contribution is -0.0207. The lowest BCUT2D eigenvalue weighted by Crippen LogP contribution is -2.46. The molecular weight excluding hydrogens is 404 g/mol. The Morgan fingerprint density at radius 3 is 2.62 bits per heavy atom. The van der Waals surface area contributed by atoms with E-state index in [0.29, 0.717) is 26.1 Å². The van der Waals surface area contributed by atoms with Crippen LogP contribution in [0.1, 0.15) is 23.6 Å². The SMILES string of the molecule is O=C(O)N1CC[C@@H](c2cn(-c3ccccc3)nn2)[C@H](OCc2ccc3ccccc3c2)C1. The fourth-order valence-corrected chi connectivity index (χ4v) is 4.28. The van der Waals surface area contributed by atoms with Crippen LogP contribution in [0.25, 0.3) is 16.5 Å². The van der Waals surface area contributed by atoms with E-state index < -0.39 is 6.09 Å². The molecule has 0 bridgehead atoms. The summed E-state index contributed by atoms with van der Waals surface area (Å²) < 4.78 is 8.05. The molecule has 1 aliphatic heterocycles. The Hall–Kier alpha value is -3.71. The van der Waals surface area contributed by atoms with Crippen LogP contribution in [0.3, 0.4) is 0 Å². The van der Waals surface area contributed by atoms with Crippen molar-refractivity contribution in [2.45, 2.75) is 25.0 Å². The standard InChI is InChI=1S/C25H24N4O3/c30-25(31)28-13-12-22(23-15-29(27-26-23)21-8-2-1-3-9-21)24(16-28)32-17-18-10-11-19-6-4-5-7-20(19)14-18/h1-11,14-15,22,24H,12-13,16-17H2,(H,30,31)/t22-,24+/m0/s1. The smallest absolute Gasteiger partial charge is 0.407 e. The number of benzene rings is 3. The topological polar surface area (TPSA) is 80.5 Å². The Balaban J connectivity index is 1.36. The van der Waals surface area contributed by atoms with Crippen molar-refractivity contribution in [1.29, 1.82) is 0 Å². The van der Waals surface area contributed by atoms with Gasteiger partial charge < -0.3 is 14.7 Å². The molecule has 2 heterocycles. The number of carbonyl (C=O) groups is 1. The molecule has 162 valence electrons. The number of nitrogens with zero attached hydrogens (tertiary/aromatic N) is 4. The number of fused-ring (bicyclic) bond motifs is 1. The fourth-order valence-electron chi connectivity index (χ4n) is 4.28. The van der Waals surface area contributed by atoms with Gasteiger partial charge in [0.15, 0.2) is 0 Å². The molecule has 1 saturated heterocycles. The van der Waals surface area contributed by atoms with Crippen molar-refractivity contribution in [1.82, 2.24) is 19.9 Å². The number of rotatable bonds is 5. The summed E-state index contributed by atoms with van der Waals surface area (Å²) in [5.41, 5.74) is 2.81. The van der Waals surface area contributed by atoms with Gasteiger partial charge >= 0.3 is 6.09 Å². The van der Waals surface area contributed by atoms with E-state index >= 15 is 0 Å². The van der Waals surface area contributed by atoms with Gasteiger partial charge in [-0.15, -0.1) is 5.10 Å². The van der Waals surface area contributed by atoms with Crippen LogP contribution in [-0.4, -0.2) is 50.3 Å². The van der Waals surface area contributed by atoms with E-state index in [9.17, 15) is 9.90 Å². The van der Waals surface area contributed by atoms with E-state index in [1.807, 2.05) is 48.7 Å². The molecule has 3 aromatic carbocycles. The van der Waals surface area contributed by atoms with E-state index in [1.54, 1.807) is 4.68 Å². The summed E-state index contributed by atoms with van der Waals surface area (Å²) in [5, 5.41) is 20.5. The van der Waals surface area contributed by atoms with Crippen LogP contribution in [0.15, 0.2) is 79.0 Å². The maximum Gasteiger partial charge on any atom is 0.407 e. The van der Waals surface area contributed by atoms with Gasteiger partial charge in [-0.3, -0.25) is 0 Å². The van der Waals surface area contributed by atoms with Gasteiger partial charge in [0, 0.05) is 12.5 Å². The number of piperidine rings is 1. The van der Waals surface area contributed by atoms with Gasteiger partial charge in [-0.25, -0.2) is 9.48 Å². The first-order chi connectivity index (χ1) is 15.7. The molecule has 1 aliphatic rings. The molecule has 7 nitrogen and oxygen atoms in total. The van der Waals surface area contributed by atoms with Crippen LogP contribution in [0.2, 0.25) is 0 Å². The molecule has 0 aliphatic carbocycles. The lowest BCUT2D eigenvalue weighted by Gasteiger charge is -2.36. The van der Waals surface area contributed by atoms with E-state index in [0.717, 1.165) is 22.3 Å². The predicted molar refractivity (Wildman–Crippen MR) is 121 cm³/mol. The van der Waals surface area contributed by atoms with E-state index in [2.05, 4.69) is 40.6 Å². The zero-order valence-electron chi connectivity index (χ0n) is 17.5. The van der Waals surface area contributed by atoms with Crippen LogP contribution in [0.5, 0.6) is 0 Å². The summed E-state index contributed by atoms with van der Waals surface area (Å²) in [6.45, 7) is 1.17. The number of aromatic nitrogens is 3. The zero-order valence-corrected chi connectivity index (χ0v) is 17.5. The van der Waals surface area contributed by atoms with Crippen molar-refractivity contribution in [3.8, 4) is 5.69 Å². The van der Waals surface area contributed by atoms with Crippen LogP contribution in [0.4, 0.5) is 4.79 Å². The Morgan fingerprint density at radius 2 is 1.81 bits per heavy atom. The number of para-hydroxylation sites is 1. The summed E-state index contributed by atoms with van der Waals surface area (Å²) in [5.74, 6) is -0.0245. The molecule has 32 heavy (non-hydrogen) atoms. The summed E-state index contributed by atoms with van der Waals surface area (Å²) in [4.78, 5) is 13.0. The Kier molecular flexibility index (Phi) is 5.56. The first kappa shape index (κ1) is 20.2. The summed E-state index contributed by atoms with van der Waals surface area (Å²) in [6, 6.07) is 24.3. The molecule has 1 N–H and O–H groups in total. The molecule has 0 unspecified atom stereocenters. The maximum atomic E-state index is 11.6.